The summed E-state index contributed by atoms with van der Waals surface area (Å²) in [6, 6.07) is 14.2. The molecule has 0 atom stereocenters. The molecule has 2 aliphatic rings. The Morgan fingerprint density at radius 1 is 0.825 bits per heavy atom. The van der Waals surface area contributed by atoms with Crippen molar-refractivity contribution in [1.29, 1.82) is 0 Å². The van der Waals surface area contributed by atoms with Crippen LogP contribution in [0.1, 0.15) is 25.3 Å². The van der Waals surface area contributed by atoms with Gasteiger partial charge in [0.05, 0.1) is 26.5 Å². The molecule has 0 radical (unpaired) electrons. The lowest BCUT2D eigenvalue weighted by molar-refractivity contribution is -0.159. The van der Waals surface area contributed by atoms with Gasteiger partial charge in [-0.05, 0) is 51.1 Å². The van der Waals surface area contributed by atoms with E-state index in [4.69, 9.17) is 34.0 Å². The van der Waals surface area contributed by atoms with Crippen LogP contribution in [0.3, 0.4) is 0 Å². The van der Waals surface area contributed by atoms with E-state index in [1.165, 1.54) is 0 Å². The molecule has 0 aromatic heterocycles. The molecule has 2 aromatic rings. The van der Waals surface area contributed by atoms with Crippen LogP contribution >= 0.6 is 0 Å². The number of piperazine rings is 1. The highest BCUT2D eigenvalue weighted by Gasteiger charge is 2.31. The lowest BCUT2D eigenvalue weighted by Crippen LogP contribution is -2.51. The number of amides is 1. The number of ether oxygens (including phenoxy) is 3. The highest BCUT2D eigenvalue weighted by Crippen LogP contribution is 2.33. The molecule has 2 saturated heterocycles. The van der Waals surface area contributed by atoms with Crippen molar-refractivity contribution in [1.82, 2.24) is 9.80 Å². The molecule has 2 aliphatic heterocycles. The summed E-state index contributed by atoms with van der Waals surface area (Å²) in [4.78, 5) is 38.2. The molecule has 0 aliphatic carbocycles. The predicted molar refractivity (Wildman–Crippen MR) is 149 cm³/mol. The maximum atomic E-state index is 13.2. The lowest BCUT2D eigenvalue weighted by Gasteiger charge is -2.39. The number of anilines is 1. The average Bonchev–Trinajstić information content (AvgIpc) is 2.98. The molecule has 40 heavy (non-hydrogen) atoms. The van der Waals surface area contributed by atoms with Gasteiger partial charge in [0.2, 0.25) is 5.91 Å². The summed E-state index contributed by atoms with van der Waals surface area (Å²) in [6.45, 7) is 8.50. The minimum absolute atomic E-state index is 0.116. The number of carbonyl (C=O) groups excluding carboxylic acids is 1. The van der Waals surface area contributed by atoms with Crippen molar-refractivity contribution >= 4 is 23.5 Å². The van der Waals surface area contributed by atoms with Gasteiger partial charge in [0.1, 0.15) is 5.75 Å². The van der Waals surface area contributed by atoms with Crippen LogP contribution in [-0.2, 0) is 20.9 Å². The van der Waals surface area contributed by atoms with Gasteiger partial charge in [-0.1, -0.05) is 24.3 Å². The third-order valence-electron chi connectivity index (χ3n) is 7.10. The third kappa shape index (κ3) is 8.01. The Bertz CT molecular complexity index is 1130. The van der Waals surface area contributed by atoms with Gasteiger partial charge in [0, 0.05) is 44.2 Å². The van der Waals surface area contributed by atoms with Gasteiger partial charge in [-0.3, -0.25) is 9.69 Å². The van der Waals surface area contributed by atoms with Gasteiger partial charge in [-0.25, -0.2) is 9.59 Å². The molecule has 2 heterocycles. The second-order valence-corrected chi connectivity index (χ2v) is 9.53. The highest BCUT2D eigenvalue weighted by molar-refractivity contribution is 6.27. The van der Waals surface area contributed by atoms with E-state index in [1.54, 1.807) is 14.2 Å². The normalized spacial score (nSPS) is 16.0. The number of benzene rings is 2. The first-order valence-electron chi connectivity index (χ1n) is 13.4. The van der Waals surface area contributed by atoms with Crippen LogP contribution < -0.4 is 19.1 Å². The third-order valence-corrected chi connectivity index (χ3v) is 7.10. The molecular formula is C29H39N3O8. The fourth-order valence-electron chi connectivity index (χ4n) is 5.08. The number of para-hydroxylation sites is 3. The summed E-state index contributed by atoms with van der Waals surface area (Å²) in [5.74, 6) is -0.739. The van der Waals surface area contributed by atoms with Crippen LogP contribution in [0.2, 0.25) is 0 Å². The molecule has 11 nitrogen and oxygen atoms in total. The first-order chi connectivity index (χ1) is 19.3. The van der Waals surface area contributed by atoms with Gasteiger partial charge in [-0.15, -0.1) is 0 Å². The van der Waals surface area contributed by atoms with Crippen molar-refractivity contribution < 1.29 is 38.8 Å². The number of rotatable bonds is 8. The molecule has 1 amide bonds. The van der Waals surface area contributed by atoms with E-state index in [2.05, 4.69) is 26.8 Å². The minimum atomic E-state index is -1.82. The zero-order valence-corrected chi connectivity index (χ0v) is 23.4. The van der Waals surface area contributed by atoms with Crippen LogP contribution in [0.25, 0.3) is 0 Å². The maximum Gasteiger partial charge on any atom is 0.414 e. The van der Waals surface area contributed by atoms with E-state index < -0.39 is 11.9 Å². The van der Waals surface area contributed by atoms with Gasteiger partial charge < -0.3 is 34.2 Å². The number of carboxylic acids is 2. The van der Waals surface area contributed by atoms with Crippen molar-refractivity contribution in [3.05, 3.63) is 48.0 Å². The topological polar surface area (TPSA) is 129 Å². The quantitative estimate of drug-likeness (QED) is 0.468. The van der Waals surface area contributed by atoms with Gasteiger partial charge in [0.25, 0.3) is 0 Å². The number of likely N-dealkylation sites (tertiary alicyclic amines) is 1. The van der Waals surface area contributed by atoms with Crippen molar-refractivity contribution in [3.8, 4) is 17.2 Å². The fourth-order valence-corrected chi connectivity index (χ4v) is 5.08. The molecule has 0 saturated carbocycles. The summed E-state index contributed by atoms with van der Waals surface area (Å²) in [5.41, 5.74) is 2.24. The summed E-state index contributed by atoms with van der Waals surface area (Å²) < 4.78 is 16.8. The Balaban J connectivity index is 0.000000663. The van der Waals surface area contributed by atoms with Crippen molar-refractivity contribution in [2.45, 2.75) is 26.3 Å². The Morgan fingerprint density at radius 3 is 2.02 bits per heavy atom. The Labute approximate surface area is 234 Å². The molecule has 218 valence electrons. The predicted octanol–water partition coefficient (Wildman–Crippen LogP) is 2.82. The molecule has 0 spiro atoms. The standard InChI is InChI=1S/C27H37N3O4.C2H2O4/c1-4-34-24-10-6-5-9-23(24)29-16-18-30(19-17-29)27(31)21-12-14-28(15-13-21)20-22-8-7-11-25(32-2)26(22)33-3;3-1(4)2(5)6/h5-11,21H,4,12-20H2,1-3H3;(H,3,4)(H,5,6). The van der Waals surface area contributed by atoms with Gasteiger partial charge in [-0.2, -0.15) is 0 Å². The molecule has 0 bridgehead atoms. The molecule has 2 N–H and O–H groups in total. The molecular weight excluding hydrogens is 518 g/mol. The smallest absolute Gasteiger partial charge is 0.414 e. The summed E-state index contributed by atoms with van der Waals surface area (Å²) in [5, 5.41) is 14.8. The maximum absolute atomic E-state index is 13.2. The summed E-state index contributed by atoms with van der Waals surface area (Å²) in [7, 11) is 3.34. The van der Waals surface area contributed by atoms with E-state index in [0.717, 1.165) is 87.2 Å². The monoisotopic (exact) mass is 557 g/mol. The summed E-state index contributed by atoms with van der Waals surface area (Å²) >= 11 is 0. The first kappa shape index (κ1) is 30.6. The fraction of sp³-hybridized carbons (Fsp3) is 0.483. The largest absolute Gasteiger partial charge is 0.493 e. The van der Waals surface area contributed by atoms with Gasteiger partial charge >= 0.3 is 11.9 Å². The molecule has 4 rings (SSSR count). The highest BCUT2D eigenvalue weighted by atomic mass is 16.5. The second kappa shape index (κ2) is 15.0. The molecule has 2 fully saturated rings. The van der Waals surface area contributed by atoms with E-state index in [-0.39, 0.29) is 5.92 Å². The van der Waals surface area contributed by atoms with Crippen LogP contribution in [0.15, 0.2) is 42.5 Å². The van der Waals surface area contributed by atoms with Crippen LogP contribution in [0.5, 0.6) is 17.2 Å². The number of aliphatic carboxylic acids is 2. The summed E-state index contributed by atoms with van der Waals surface area (Å²) in [6.07, 6.45) is 1.80. The van der Waals surface area contributed by atoms with Crippen molar-refractivity contribution in [2.24, 2.45) is 5.92 Å². The van der Waals surface area contributed by atoms with Crippen LogP contribution in [0, 0.1) is 5.92 Å². The number of hydrogen-bond donors (Lipinski definition) is 2. The molecule has 11 heteroatoms. The zero-order valence-electron chi connectivity index (χ0n) is 23.4. The van der Waals surface area contributed by atoms with Crippen LogP contribution in [0.4, 0.5) is 5.69 Å². The number of carboxylic acid groups (broad SMARTS) is 2. The average molecular weight is 558 g/mol. The van der Waals surface area contributed by atoms with E-state index in [9.17, 15) is 4.79 Å². The Hall–Kier alpha value is -3.99. The van der Waals surface area contributed by atoms with Crippen molar-refractivity contribution in [3.63, 3.8) is 0 Å². The number of nitrogens with zero attached hydrogens (tertiary/aromatic N) is 3. The molecule has 2 aromatic carbocycles. The SMILES string of the molecule is CCOc1ccccc1N1CCN(C(=O)C2CCN(Cc3cccc(OC)c3OC)CC2)CC1.O=C(O)C(=O)O. The van der Waals surface area contributed by atoms with Crippen LogP contribution in [-0.4, -0.2) is 98.0 Å². The first-order valence-corrected chi connectivity index (χ1v) is 13.4. The zero-order chi connectivity index (χ0) is 29.1. The minimum Gasteiger partial charge on any atom is -0.493 e. The Kier molecular flexibility index (Phi) is 11.4. The number of hydrogen-bond acceptors (Lipinski definition) is 8. The van der Waals surface area contributed by atoms with Crippen molar-refractivity contribution in [2.75, 3.05) is 65.0 Å². The number of methoxy groups -OCH3 is 2. The van der Waals surface area contributed by atoms with Gasteiger partial charge in [0.15, 0.2) is 11.5 Å². The lowest BCUT2D eigenvalue weighted by atomic mass is 9.94. The van der Waals surface area contributed by atoms with E-state index >= 15 is 0 Å². The Morgan fingerprint density at radius 2 is 1.45 bits per heavy atom. The second-order valence-electron chi connectivity index (χ2n) is 9.53. The molecule has 0 unspecified atom stereocenters. The number of carbonyl (C=O) groups is 3. The van der Waals surface area contributed by atoms with E-state index in [1.807, 2.05) is 37.3 Å². The number of piperidine rings is 1. The van der Waals surface area contributed by atoms with E-state index in [0.29, 0.717) is 12.5 Å².